The standard InChI is InChI=1S/C9H18ClNO2S/c1-8(7-10)3-2-6-11-14(12,13)9-4-5-9/h8-9,11H,2-7H2,1H3. The molecule has 1 aliphatic carbocycles. The molecule has 14 heavy (non-hydrogen) atoms. The Labute approximate surface area is 91.3 Å². The van der Waals surface area contributed by atoms with Crippen LogP contribution in [0.3, 0.4) is 0 Å². The van der Waals surface area contributed by atoms with Gasteiger partial charge in [0.05, 0.1) is 5.25 Å². The molecule has 0 aromatic heterocycles. The van der Waals surface area contributed by atoms with Crippen molar-refractivity contribution >= 4 is 21.6 Å². The largest absolute Gasteiger partial charge is 0.215 e. The summed E-state index contributed by atoms with van der Waals surface area (Å²) in [4.78, 5) is 0. The quantitative estimate of drug-likeness (QED) is 0.543. The number of halogens is 1. The van der Waals surface area contributed by atoms with E-state index in [1.54, 1.807) is 0 Å². The summed E-state index contributed by atoms with van der Waals surface area (Å²) in [6.07, 6.45) is 3.51. The number of hydrogen-bond acceptors (Lipinski definition) is 2. The molecule has 5 heteroatoms. The van der Waals surface area contributed by atoms with E-state index in [1.165, 1.54) is 0 Å². The van der Waals surface area contributed by atoms with Gasteiger partial charge in [0, 0.05) is 12.4 Å². The Bertz CT molecular complexity index is 262. The molecule has 0 aliphatic heterocycles. The van der Waals surface area contributed by atoms with Crippen LogP contribution in [0, 0.1) is 5.92 Å². The fourth-order valence-electron chi connectivity index (χ4n) is 1.24. The zero-order valence-corrected chi connectivity index (χ0v) is 10.1. The van der Waals surface area contributed by atoms with Gasteiger partial charge in [-0.15, -0.1) is 11.6 Å². The van der Waals surface area contributed by atoms with Crippen LogP contribution in [0.15, 0.2) is 0 Å². The van der Waals surface area contributed by atoms with E-state index in [0.29, 0.717) is 18.3 Å². The summed E-state index contributed by atoms with van der Waals surface area (Å²) >= 11 is 5.64. The van der Waals surface area contributed by atoms with Crippen LogP contribution in [0.2, 0.25) is 0 Å². The Kier molecular flexibility index (Phi) is 4.67. The molecule has 1 aliphatic rings. The summed E-state index contributed by atoms with van der Waals surface area (Å²) in [5.41, 5.74) is 0. The third-order valence-electron chi connectivity index (χ3n) is 2.40. The molecule has 1 fully saturated rings. The molecule has 1 unspecified atom stereocenters. The summed E-state index contributed by atoms with van der Waals surface area (Å²) in [5, 5.41) is -0.104. The summed E-state index contributed by atoms with van der Waals surface area (Å²) in [6, 6.07) is 0. The number of sulfonamides is 1. The highest BCUT2D eigenvalue weighted by Crippen LogP contribution is 2.27. The van der Waals surface area contributed by atoms with Crippen LogP contribution in [-0.2, 0) is 10.0 Å². The van der Waals surface area contributed by atoms with Crippen LogP contribution >= 0.6 is 11.6 Å². The van der Waals surface area contributed by atoms with E-state index < -0.39 is 10.0 Å². The lowest BCUT2D eigenvalue weighted by Crippen LogP contribution is -2.28. The summed E-state index contributed by atoms with van der Waals surface area (Å²) in [6.45, 7) is 2.63. The molecule has 1 saturated carbocycles. The van der Waals surface area contributed by atoms with Gasteiger partial charge in [-0.3, -0.25) is 0 Å². The lowest BCUT2D eigenvalue weighted by molar-refractivity contribution is 0.543. The maximum atomic E-state index is 11.4. The molecule has 0 amide bonds. The van der Waals surface area contributed by atoms with Crippen molar-refractivity contribution in [1.29, 1.82) is 0 Å². The molecule has 84 valence electrons. The fraction of sp³-hybridized carbons (Fsp3) is 1.00. The van der Waals surface area contributed by atoms with Crippen LogP contribution in [0.1, 0.15) is 32.6 Å². The third kappa shape index (κ3) is 4.15. The molecule has 0 radical (unpaired) electrons. The first-order valence-corrected chi connectivity index (χ1v) is 7.19. The van der Waals surface area contributed by atoms with Crippen molar-refractivity contribution in [3.63, 3.8) is 0 Å². The van der Waals surface area contributed by atoms with E-state index in [2.05, 4.69) is 11.6 Å². The highest BCUT2D eigenvalue weighted by molar-refractivity contribution is 7.90. The lowest BCUT2D eigenvalue weighted by atomic mass is 10.1. The first-order valence-electron chi connectivity index (χ1n) is 5.10. The van der Waals surface area contributed by atoms with Crippen LogP contribution in [-0.4, -0.2) is 26.1 Å². The van der Waals surface area contributed by atoms with Gasteiger partial charge in [-0.05, 0) is 31.6 Å². The van der Waals surface area contributed by atoms with Gasteiger partial charge >= 0.3 is 0 Å². The molecule has 0 aromatic carbocycles. The highest BCUT2D eigenvalue weighted by atomic mass is 35.5. The van der Waals surface area contributed by atoms with E-state index in [-0.39, 0.29) is 5.25 Å². The van der Waals surface area contributed by atoms with Gasteiger partial charge in [0.2, 0.25) is 10.0 Å². The summed E-state index contributed by atoms with van der Waals surface area (Å²) in [5.74, 6) is 1.12. The second-order valence-corrected chi connectivity index (χ2v) is 6.39. The van der Waals surface area contributed by atoms with Crippen molar-refractivity contribution < 1.29 is 8.42 Å². The number of alkyl halides is 1. The van der Waals surface area contributed by atoms with Crippen molar-refractivity contribution in [2.45, 2.75) is 37.9 Å². The highest BCUT2D eigenvalue weighted by Gasteiger charge is 2.34. The van der Waals surface area contributed by atoms with Crippen LogP contribution in [0.25, 0.3) is 0 Å². The number of rotatable bonds is 7. The minimum atomic E-state index is -2.97. The zero-order valence-electron chi connectivity index (χ0n) is 8.50. The zero-order chi connectivity index (χ0) is 10.6. The number of nitrogens with one attached hydrogen (secondary N) is 1. The van der Waals surface area contributed by atoms with Gasteiger partial charge in [-0.1, -0.05) is 6.92 Å². The molecule has 1 atom stereocenters. The predicted octanol–water partition coefficient (Wildman–Crippen LogP) is 1.72. The molecule has 3 nitrogen and oxygen atoms in total. The maximum absolute atomic E-state index is 11.4. The molecule has 0 bridgehead atoms. The Morgan fingerprint density at radius 2 is 2.14 bits per heavy atom. The van der Waals surface area contributed by atoms with Gasteiger partial charge in [-0.25, -0.2) is 13.1 Å². The van der Waals surface area contributed by atoms with Gasteiger partial charge in [0.1, 0.15) is 0 Å². The maximum Gasteiger partial charge on any atom is 0.214 e. The van der Waals surface area contributed by atoms with Crippen LogP contribution in [0.4, 0.5) is 0 Å². The molecule has 0 aromatic rings. The Hall–Kier alpha value is 0.200. The third-order valence-corrected chi connectivity index (χ3v) is 4.89. The topological polar surface area (TPSA) is 46.2 Å². The van der Waals surface area contributed by atoms with E-state index in [0.717, 1.165) is 25.7 Å². The normalized spacial score (nSPS) is 19.6. The first-order chi connectivity index (χ1) is 6.56. The van der Waals surface area contributed by atoms with Gasteiger partial charge in [0.25, 0.3) is 0 Å². The Morgan fingerprint density at radius 3 is 2.64 bits per heavy atom. The van der Waals surface area contributed by atoms with Crippen molar-refractivity contribution in [1.82, 2.24) is 4.72 Å². The molecule has 1 N–H and O–H groups in total. The monoisotopic (exact) mass is 239 g/mol. The lowest BCUT2D eigenvalue weighted by Gasteiger charge is -2.08. The van der Waals surface area contributed by atoms with Gasteiger partial charge in [0.15, 0.2) is 0 Å². The van der Waals surface area contributed by atoms with Crippen molar-refractivity contribution in [2.75, 3.05) is 12.4 Å². The second-order valence-electron chi connectivity index (χ2n) is 4.04. The minimum Gasteiger partial charge on any atom is -0.215 e. The predicted molar refractivity (Wildman–Crippen MR) is 59.1 cm³/mol. The molecule has 0 heterocycles. The second kappa shape index (κ2) is 5.33. The van der Waals surface area contributed by atoms with Crippen molar-refractivity contribution in [2.24, 2.45) is 5.92 Å². The molecule has 1 rings (SSSR count). The van der Waals surface area contributed by atoms with Crippen LogP contribution in [0.5, 0.6) is 0 Å². The van der Waals surface area contributed by atoms with E-state index in [9.17, 15) is 8.42 Å². The van der Waals surface area contributed by atoms with E-state index in [4.69, 9.17) is 11.6 Å². The smallest absolute Gasteiger partial charge is 0.214 e. The minimum absolute atomic E-state index is 0.104. The average Bonchev–Trinajstić information content (AvgIpc) is 2.95. The summed E-state index contributed by atoms with van der Waals surface area (Å²) < 4.78 is 25.4. The van der Waals surface area contributed by atoms with Crippen molar-refractivity contribution in [3.8, 4) is 0 Å². The van der Waals surface area contributed by atoms with Gasteiger partial charge in [-0.2, -0.15) is 0 Å². The SMILES string of the molecule is CC(CCl)CCCNS(=O)(=O)C1CC1. The first kappa shape index (κ1) is 12.3. The Balaban J connectivity index is 2.09. The van der Waals surface area contributed by atoms with E-state index in [1.807, 2.05) is 0 Å². The molecule has 0 saturated heterocycles. The van der Waals surface area contributed by atoms with Crippen molar-refractivity contribution in [3.05, 3.63) is 0 Å². The molecular formula is C9H18ClNO2S. The number of hydrogen-bond donors (Lipinski definition) is 1. The molecule has 0 spiro atoms. The fourth-order valence-corrected chi connectivity index (χ4v) is 2.81. The molecular weight excluding hydrogens is 222 g/mol. The van der Waals surface area contributed by atoms with Crippen LogP contribution < -0.4 is 4.72 Å². The Morgan fingerprint density at radius 1 is 1.50 bits per heavy atom. The summed E-state index contributed by atoms with van der Waals surface area (Å²) in [7, 11) is -2.97. The average molecular weight is 240 g/mol. The van der Waals surface area contributed by atoms with Gasteiger partial charge < -0.3 is 0 Å². The van der Waals surface area contributed by atoms with E-state index >= 15 is 0 Å².